The van der Waals surface area contributed by atoms with Gasteiger partial charge in [-0.3, -0.25) is 9.13 Å². The second-order valence-electron chi connectivity index (χ2n) is 5.89. The van der Waals surface area contributed by atoms with Crippen LogP contribution in [0.5, 0.6) is 0 Å². The number of rotatable bonds is 10. The first-order valence-corrected chi connectivity index (χ1v) is 14.5. The zero-order valence-electron chi connectivity index (χ0n) is 15.8. The molecule has 168 valence electrons. The molecule has 28 heavy (non-hydrogen) atoms. The molecule has 2 unspecified atom stereocenters. The number of alkyl halides is 4. The Kier molecular flexibility index (Phi) is 14.9. The highest BCUT2D eigenvalue weighted by molar-refractivity contribution is 7.54. The van der Waals surface area contributed by atoms with E-state index in [-0.39, 0.29) is 0 Å². The fourth-order valence-electron chi connectivity index (χ4n) is 2.56. The van der Waals surface area contributed by atoms with Crippen LogP contribution in [-0.4, -0.2) is 85.3 Å². The van der Waals surface area contributed by atoms with E-state index in [2.05, 4.69) is 10.2 Å². The predicted octanol–water partition coefficient (Wildman–Crippen LogP) is 3.77. The fraction of sp³-hybridized carbons (Fsp3) is 1.00. The Morgan fingerprint density at radius 1 is 0.679 bits per heavy atom. The van der Waals surface area contributed by atoms with Gasteiger partial charge in [0.2, 0.25) is 0 Å². The average molecular weight is 522 g/mol. The van der Waals surface area contributed by atoms with Crippen LogP contribution in [-0.2, 0) is 18.2 Å². The van der Waals surface area contributed by atoms with E-state index < -0.39 is 15.3 Å². The van der Waals surface area contributed by atoms with Crippen molar-refractivity contribution in [1.29, 1.82) is 0 Å². The average Bonchev–Trinajstić information content (AvgIpc) is 2.69. The molecule has 0 bridgehead atoms. The van der Waals surface area contributed by atoms with Gasteiger partial charge in [0, 0.05) is 62.8 Å². The Morgan fingerprint density at radius 3 is 1.21 bits per heavy atom. The molecule has 2 heterocycles. The lowest BCUT2D eigenvalue weighted by Gasteiger charge is -2.33. The Balaban J connectivity index is 0.000000280. The van der Waals surface area contributed by atoms with E-state index in [1.165, 1.54) is 0 Å². The van der Waals surface area contributed by atoms with Crippen molar-refractivity contribution in [2.24, 2.45) is 0 Å². The van der Waals surface area contributed by atoms with Crippen LogP contribution in [0.1, 0.15) is 12.8 Å². The van der Waals surface area contributed by atoms with Gasteiger partial charge in [-0.25, -0.2) is 19.5 Å². The molecule has 0 aromatic heterocycles. The summed E-state index contributed by atoms with van der Waals surface area (Å²) in [5.74, 6) is 1.69. The molecule has 0 aromatic rings. The van der Waals surface area contributed by atoms with Gasteiger partial charge in [-0.1, -0.05) is 0 Å². The van der Waals surface area contributed by atoms with Crippen molar-refractivity contribution >= 4 is 61.7 Å². The lowest BCUT2D eigenvalue weighted by molar-refractivity contribution is 0.232. The number of nitrogens with one attached hydrogen (secondary N) is 2. The van der Waals surface area contributed by atoms with E-state index in [4.69, 9.17) is 55.5 Å². The molecule has 2 fully saturated rings. The van der Waals surface area contributed by atoms with Crippen LogP contribution in [0, 0.1) is 0 Å². The van der Waals surface area contributed by atoms with Crippen LogP contribution in [0.4, 0.5) is 0 Å². The summed E-state index contributed by atoms with van der Waals surface area (Å²) in [5.41, 5.74) is 0. The minimum Gasteiger partial charge on any atom is -0.306 e. The van der Waals surface area contributed by atoms with Crippen molar-refractivity contribution < 1.29 is 18.2 Å². The fourth-order valence-corrected chi connectivity index (χ4v) is 7.84. The summed E-state index contributed by atoms with van der Waals surface area (Å²) < 4.78 is 38.3. The number of nitrogens with zero attached hydrogens (tertiary/aromatic N) is 2. The van der Waals surface area contributed by atoms with Crippen molar-refractivity contribution in [2.75, 3.05) is 76.0 Å². The molecule has 8 nitrogen and oxygen atoms in total. The molecular weight excluding hydrogens is 492 g/mol. The van der Waals surface area contributed by atoms with Gasteiger partial charge < -0.3 is 9.05 Å². The third-order valence-electron chi connectivity index (χ3n) is 3.91. The molecule has 0 aliphatic carbocycles. The summed E-state index contributed by atoms with van der Waals surface area (Å²) in [6.45, 7) is 4.61. The van der Waals surface area contributed by atoms with E-state index in [1.807, 2.05) is 0 Å². The van der Waals surface area contributed by atoms with Gasteiger partial charge in [0.1, 0.15) is 0 Å². The molecule has 2 aliphatic rings. The van der Waals surface area contributed by atoms with E-state index >= 15 is 0 Å². The molecule has 0 radical (unpaired) electrons. The quantitative estimate of drug-likeness (QED) is 0.332. The van der Waals surface area contributed by atoms with Gasteiger partial charge in [0.25, 0.3) is 0 Å². The van der Waals surface area contributed by atoms with Gasteiger partial charge in [-0.05, 0) is 12.8 Å². The molecule has 2 N–H and O–H groups in total. The van der Waals surface area contributed by atoms with Crippen molar-refractivity contribution in [1.82, 2.24) is 19.5 Å². The van der Waals surface area contributed by atoms with Gasteiger partial charge in [-0.15, -0.1) is 46.4 Å². The van der Waals surface area contributed by atoms with Crippen molar-refractivity contribution in [3.05, 3.63) is 0 Å². The number of hydrogen-bond donors (Lipinski definition) is 2. The topological polar surface area (TPSA) is 83.1 Å². The molecule has 14 heteroatoms. The Morgan fingerprint density at radius 2 is 1.00 bits per heavy atom. The summed E-state index contributed by atoms with van der Waals surface area (Å²) >= 11 is 22.5. The molecular formula is C14H30Cl4N4O4P2. The highest BCUT2D eigenvalue weighted by Crippen LogP contribution is 2.48. The van der Waals surface area contributed by atoms with Gasteiger partial charge >= 0.3 is 15.3 Å². The van der Waals surface area contributed by atoms with Gasteiger partial charge in [0.15, 0.2) is 0 Å². The third-order valence-corrected chi connectivity index (χ3v) is 9.19. The van der Waals surface area contributed by atoms with E-state index in [1.54, 1.807) is 9.34 Å². The number of halogens is 4. The van der Waals surface area contributed by atoms with E-state index in [9.17, 15) is 9.13 Å². The maximum Gasteiger partial charge on any atom is 0.343 e. The van der Waals surface area contributed by atoms with E-state index in [0.29, 0.717) is 62.9 Å². The minimum absolute atomic E-state index is 0.423. The van der Waals surface area contributed by atoms with Crippen LogP contribution in [0.15, 0.2) is 0 Å². The largest absolute Gasteiger partial charge is 0.343 e. The summed E-state index contributed by atoms with van der Waals surface area (Å²) in [5, 5.41) is 5.81. The maximum absolute atomic E-state index is 12.2. The highest BCUT2D eigenvalue weighted by Gasteiger charge is 2.33. The van der Waals surface area contributed by atoms with Crippen LogP contribution < -0.4 is 10.2 Å². The van der Waals surface area contributed by atoms with Crippen LogP contribution in [0.25, 0.3) is 0 Å². The van der Waals surface area contributed by atoms with Crippen LogP contribution in [0.2, 0.25) is 0 Å². The van der Waals surface area contributed by atoms with Gasteiger partial charge in [-0.2, -0.15) is 0 Å². The summed E-state index contributed by atoms with van der Waals surface area (Å²) in [4.78, 5) is 0. The Hall–Kier alpha value is 1.38. The smallest absolute Gasteiger partial charge is 0.306 e. The lowest BCUT2D eigenvalue weighted by atomic mass is 10.5. The first kappa shape index (κ1) is 27.4. The van der Waals surface area contributed by atoms with Crippen molar-refractivity contribution in [2.45, 2.75) is 12.8 Å². The molecule has 0 amide bonds. The zero-order chi connectivity index (χ0) is 20.9. The Bertz CT molecular complexity index is 448. The van der Waals surface area contributed by atoms with Gasteiger partial charge in [0.05, 0.1) is 13.2 Å². The molecule has 2 rings (SSSR count). The number of hydrogen-bond acceptors (Lipinski definition) is 4. The third kappa shape index (κ3) is 9.25. The first-order chi connectivity index (χ1) is 13.5. The van der Waals surface area contributed by atoms with E-state index in [0.717, 1.165) is 25.9 Å². The first-order valence-electron chi connectivity index (χ1n) is 9.20. The molecule has 0 spiro atoms. The molecule has 2 atom stereocenters. The zero-order valence-corrected chi connectivity index (χ0v) is 20.6. The standard InChI is InChI=1S/2C7H15Cl2N2O2P/c2*8-2-5-11(6-3-9)14(12)10-4-1-7-13-14/h2*1-7H2,(H,10,12). The Labute approximate surface area is 188 Å². The SMILES string of the molecule is O=P1(N(CCCl)CCCl)NCCCO1.O=P1(N(CCCl)CCCl)NCCCO1. The molecule has 0 saturated carbocycles. The molecule has 2 aliphatic heterocycles. The summed E-state index contributed by atoms with van der Waals surface area (Å²) in [6, 6.07) is 0. The second kappa shape index (κ2) is 15.2. The normalized spacial score (nSPS) is 28.2. The predicted molar refractivity (Wildman–Crippen MR) is 118 cm³/mol. The minimum atomic E-state index is -2.84. The van der Waals surface area contributed by atoms with Crippen LogP contribution in [0.3, 0.4) is 0 Å². The molecule has 2 saturated heterocycles. The second-order valence-corrected chi connectivity index (χ2v) is 11.8. The highest BCUT2D eigenvalue weighted by atomic mass is 35.5. The van der Waals surface area contributed by atoms with Crippen LogP contribution >= 0.6 is 61.7 Å². The van der Waals surface area contributed by atoms with Crippen molar-refractivity contribution in [3.8, 4) is 0 Å². The summed E-state index contributed by atoms with van der Waals surface area (Å²) in [7, 11) is -5.68. The summed E-state index contributed by atoms with van der Waals surface area (Å²) in [6.07, 6.45) is 1.78. The molecule has 0 aromatic carbocycles. The monoisotopic (exact) mass is 520 g/mol. The lowest BCUT2D eigenvalue weighted by Crippen LogP contribution is -2.35. The van der Waals surface area contributed by atoms with Crippen molar-refractivity contribution in [3.63, 3.8) is 0 Å². The maximum atomic E-state index is 12.2.